The highest BCUT2D eigenvalue weighted by Gasteiger charge is 2.06. The third-order valence-electron chi connectivity index (χ3n) is 3.58. The molecule has 23 heavy (non-hydrogen) atoms. The Kier molecular flexibility index (Phi) is 5.10. The van der Waals surface area contributed by atoms with Crippen LogP contribution in [0.15, 0.2) is 54.6 Å². The molecule has 118 valence electrons. The van der Waals surface area contributed by atoms with Gasteiger partial charge in [0.25, 0.3) is 0 Å². The average Bonchev–Trinajstić information content (AvgIpc) is 2.92. The molecule has 1 aromatic heterocycles. The summed E-state index contributed by atoms with van der Waals surface area (Å²) < 4.78 is 2.67. The van der Waals surface area contributed by atoms with E-state index in [0.29, 0.717) is 16.3 Å². The average molecular weight is 345 g/mol. The fourth-order valence-corrected chi connectivity index (χ4v) is 2.81. The van der Waals surface area contributed by atoms with E-state index in [2.05, 4.69) is 27.6 Å². The maximum Gasteiger partial charge on any atom is 0.195 e. The number of rotatable bonds is 6. The smallest absolute Gasteiger partial charge is 0.195 e. The van der Waals surface area contributed by atoms with Crippen LogP contribution in [-0.2, 0) is 19.5 Å². The molecule has 3 aromatic rings. The minimum Gasteiger partial charge on any atom is -0.378 e. The molecule has 2 aromatic carbocycles. The second-order valence-electron chi connectivity index (χ2n) is 5.20. The Balaban J connectivity index is 1.67. The summed E-state index contributed by atoms with van der Waals surface area (Å²) in [5.41, 5.74) is 2.24. The van der Waals surface area contributed by atoms with Crippen molar-refractivity contribution in [3.8, 4) is 0 Å². The predicted molar refractivity (Wildman–Crippen MR) is 96.3 cm³/mol. The van der Waals surface area contributed by atoms with Gasteiger partial charge >= 0.3 is 0 Å². The molecule has 3 rings (SSSR count). The van der Waals surface area contributed by atoms with Gasteiger partial charge in [-0.15, -0.1) is 0 Å². The molecular formula is C17H17ClN4S. The van der Waals surface area contributed by atoms with E-state index in [1.54, 1.807) is 0 Å². The molecule has 0 amide bonds. The normalized spacial score (nSPS) is 10.7. The molecule has 0 aliphatic rings. The van der Waals surface area contributed by atoms with Gasteiger partial charge in [-0.3, -0.25) is 5.10 Å². The Morgan fingerprint density at radius 3 is 2.74 bits per heavy atom. The van der Waals surface area contributed by atoms with E-state index < -0.39 is 0 Å². The van der Waals surface area contributed by atoms with Crippen molar-refractivity contribution < 1.29 is 0 Å². The van der Waals surface area contributed by atoms with Crippen molar-refractivity contribution in [2.24, 2.45) is 0 Å². The Hall–Kier alpha value is -2.11. The minimum absolute atomic E-state index is 0.586. The third-order valence-corrected chi connectivity index (χ3v) is 4.13. The van der Waals surface area contributed by atoms with E-state index in [0.717, 1.165) is 24.5 Å². The van der Waals surface area contributed by atoms with E-state index in [-0.39, 0.29) is 0 Å². The molecule has 0 atom stereocenters. The molecule has 2 N–H and O–H groups in total. The van der Waals surface area contributed by atoms with Gasteiger partial charge in [0.1, 0.15) is 0 Å². The summed E-state index contributed by atoms with van der Waals surface area (Å²) >= 11 is 11.3. The van der Waals surface area contributed by atoms with Crippen molar-refractivity contribution in [3.05, 3.63) is 75.8 Å². The number of anilines is 1. The van der Waals surface area contributed by atoms with Gasteiger partial charge in [0.05, 0.1) is 6.54 Å². The van der Waals surface area contributed by atoms with E-state index >= 15 is 0 Å². The highest BCUT2D eigenvalue weighted by Crippen LogP contribution is 2.15. The van der Waals surface area contributed by atoms with Gasteiger partial charge in [-0.1, -0.05) is 48.0 Å². The van der Waals surface area contributed by atoms with Gasteiger partial charge in [0, 0.05) is 17.3 Å². The standard InChI is InChI=1S/C17H17ClN4S/c18-14-7-4-8-15(11-14)19-12-16-20-21-17(23)22(16)10-9-13-5-2-1-3-6-13/h1-8,11,19H,9-10,12H2,(H,21,23). The number of hydrogen-bond donors (Lipinski definition) is 2. The molecule has 0 saturated carbocycles. The number of nitrogens with one attached hydrogen (secondary N) is 2. The van der Waals surface area contributed by atoms with Crippen LogP contribution < -0.4 is 5.32 Å². The molecule has 6 heteroatoms. The minimum atomic E-state index is 0.586. The van der Waals surface area contributed by atoms with Crippen molar-refractivity contribution in [2.45, 2.75) is 19.5 Å². The van der Waals surface area contributed by atoms with E-state index in [1.807, 2.05) is 47.0 Å². The second-order valence-corrected chi connectivity index (χ2v) is 6.02. The van der Waals surface area contributed by atoms with E-state index in [4.69, 9.17) is 23.8 Å². The van der Waals surface area contributed by atoms with Crippen LogP contribution in [0.2, 0.25) is 5.02 Å². The zero-order chi connectivity index (χ0) is 16.1. The van der Waals surface area contributed by atoms with Crippen LogP contribution in [0.25, 0.3) is 0 Å². The van der Waals surface area contributed by atoms with Gasteiger partial charge in [-0.25, -0.2) is 0 Å². The quantitative estimate of drug-likeness (QED) is 0.649. The van der Waals surface area contributed by atoms with Crippen LogP contribution in [0.1, 0.15) is 11.4 Å². The highest BCUT2D eigenvalue weighted by atomic mass is 35.5. The molecule has 0 bridgehead atoms. The topological polar surface area (TPSA) is 45.6 Å². The monoisotopic (exact) mass is 344 g/mol. The number of benzene rings is 2. The van der Waals surface area contributed by atoms with Gasteiger partial charge in [0.2, 0.25) is 0 Å². The summed E-state index contributed by atoms with van der Waals surface area (Å²) in [7, 11) is 0. The van der Waals surface area contributed by atoms with E-state index in [9.17, 15) is 0 Å². The van der Waals surface area contributed by atoms with Crippen LogP contribution in [0.4, 0.5) is 5.69 Å². The van der Waals surface area contributed by atoms with Crippen LogP contribution in [-0.4, -0.2) is 14.8 Å². The molecule has 4 nitrogen and oxygen atoms in total. The molecule has 0 unspecified atom stereocenters. The predicted octanol–water partition coefficient (Wildman–Crippen LogP) is 4.45. The molecule has 0 spiro atoms. The fraction of sp³-hybridized carbons (Fsp3) is 0.176. The number of aromatic nitrogens is 3. The Labute approximate surface area is 145 Å². The SMILES string of the molecule is S=c1[nH]nc(CNc2cccc(Cl)c2)n1CCc1ccccc1. The highest BCUT2D eigenvalue weighted by molar-refractivity contribution is 7.71. The Morgan fingerprint density at radius 2 is 1.96 bits per heavy atom. The number of halogens is 1. The van der Waals surface area contributed by atoms with E-state index in [1.165, 1.54) is 5.56 Å². The molecule has 0 radical (unpaired) electrons. The molecular weight excluding hydrogens is 328 g/mol. The van der Waals surface area contributed by atoms with Crippen LogP contribution in [0, 0.1) is 4.77 Å². The van der Waals surface area contributed by atoms with Crippen molar-refractivity contribution in [3.63, 3.8) is 0 Å². The zero-order valence-electron chi connectivity index (χ0n) is 12.5. The fourth-order valence-electron chi connectivity index (χ4n) is 2.38. The first-order valence-corrected chi connectivity index (χ1v) is 8.18. The summed E-state index contributed by atoms with van der Waals surface area (Å²) in [6, 6.07) is 18.0. The Bertz CT molecular complexity index is 826. The maximum atomic E-state index is 6.00. The Morgan fingerprint density at radius 1 is 1.13 bits per heavy atom. The van der Waals surface area contributed by atoms with Gasteiger partial charge in [-0.05, 0) is 42.4 Å². The first-order valence-electron chi connectivity index (χ1n) is 7.40. The summed E-state index contributed by atoms with van der Waals surface area (Å²) in [6.45, 7) is 1.38. The van der Waals surface area contributed by atoms with Gasteiger partial charge in [-0.2, -0.15) is 5.10 Å². The number of H-pyrrole nitrogens is 1. The van der Waals surface area contributed by atoms with Crippen molar-refractivity contribution in [2.75, 3.05) is 5.32 Å². The van der Waals surface area contributed by atoms with Gasteiger partial charge in [0.15, 0.2) is 10.6 Å². The summed E-state index contributed by atoms with van der Waals surface area (Å²) in [4.78, 5) is 0. The number of hydrogen-bond acceptors (Lipinski definition) is 3. The molecule has 0 aliphatic carbocycles. The van der Waals surface area contributed by atoms with Crippen LogP contribution in [0.3, 0.4) is 0 Å². The lowest BCUT2D eigenvalue weighted by Gasteiger charge is -2.09. The third kappa shape index (κ3) is 4.21. The molecule has 0 saturated heterocycles. The lowest BCUT2D eigenvalue weighted by molar-refractivity contribution is 0.651. The number of nitrogens with zero attached hydrogens (tertiary/aromatic N) is 2. The van der Waals surface area contributed by atoms with Gasteiger partial charge < -0.3 is 9.88 Å². The molecule has 1 heterocycles. The second kappa shape index (κ2) is 7.44. The first-order chi connectivity index (χ1) is 11.2. The lowest BCUT2D eigenvalue weighted by Crippen LogP contribution is -2.10. The summed E-state index contributed by atoms with van der Waals surface area (Å²) in [6.07, 6.45) is 0.916. The lowest BCUT2D eigenvalue weighted by atomic mass is 10.1. The van der Waals surface area contributed by atoms with Crippen molar-refractivity contribution in [1.82, 2.24) is 14.8 Å². The van der Waals surface area contributed by atoms with Crippen molar-refractivity contribution in [1.29, 1.82) is 0 Å². The largest absolute Gasteiger partial charge is 0.378 e. The summed E-state index contributed by atoms with van der Waals surface area (Å²) in [5, 5.41) is 11.2. The van der Waals surface area contributed by atoms with Crippen LogP contribution >= 0.6 is 23.8 Å². The van der Waals surface area contributed by atoms with Crippen molar-refractivity contribution >= 4 is 29.5 Å². The van der Waals surface area contributed by atoms with Crippen LogP contribution in [0.5, 0.6) is 0 Å². The molecule has 0 aliphatic heterocycles. The molecule has 0 fully saturated rings. The summed E-state index contributed by atoms with van der Waals surface area (Å²) in [5.74, 6) is 0.880. The maximum absolute atomic E-state index is 6.00. The number of aryl methyl sites for hydroxylation is 1. The first kappa shape index (κ1) is 15.8. The number of aromatic amines is 1. The zero-order valence-corrected chi connectivity index (χ0v) is 14.1.